The lowest BCUT2D eigenvalue weighted by molar-refractivity contribution is 0.383. The molecule has 0 radical (unpaired) electrons. The van der Waals surface area contributed by atoms with E-state index in [9.17, 15) is 8.42 Å². The molecule has 2 heterocycles. The zero-order valence-corrected chi connectivity index (χ0v) is 14.6. The van der Waals surface area contributed by atoms with Gasteiger partial charge in [0.05, 0.1) is 11.1 Å². The lowest BCUT2D eigenvalue weighted by Crippen LogP contribution is -2.48. The lowest BCUT2D eigenvalue weighted by Gasteiger charge is -2.34. The van der Waals surface area contributed by atoms with Crippen molar-refractivity contribution in [2.75, 3.05) is 31.1 Å². The van der Waals surface area contributed by atoms with E-state index in [0.717, 1.165) is 18.7 Å². The Morgan fingerprint density at radius 3 is 2.33 bits per heavy atom. The molecule has 1 saturated heterocycles. The van der Waals surface area contributed by atoms with Gasteiger partial charge in [0.15, 0.2) is 0 Å². The maximum absolute atomic E-state index is 12.8. The number of anilines is 1. The van der Waals surface area contributed by atoms with Crippen molar-refractivity contribution in [1.29, 1.82) is 0 Å². The second-order valence-electron chi connectivity index (χ2n) is 5.85. The van der Waals surface area contributed by atoms with Crippen LogP contribution in [0.3, 0.4) is 0 Å². The molecule has 3 rings (SSSR count). The molecule has 0 amide bonds. The Morgan fingerprint density at radius 2 is 1.75 bits per heavy atom. The van der Waals surface area contributed by atoms with Crippen LogP contribution in [0.25, 0.3) is 0 Å². The number of piperazine rings is 1. The Bertz CT molecular complexity index is 755. The fraction of sp³-hybridized carbons (Fsp3) is 0.412. The predicted octanol–water partition coefficient (Wildman–Crippen LogP) is 1.94. The molecule has 24 heavy (non-hydrogen) atoms. The van der Waals surface area contributed by atoms with Gasteiger partial charge in [-0.3, -0.25) is 4.98 Å². The third-order valence-electron chi connectivity index (χ3n) is 4.21. The third-order valence-corrected chi connectivity index (χ3v) is 6.12. The van der Waals surface area contributed by atoms with Crippen LogP contribution >= 0.6 is 0 Å². The molecule has 128 valence electrons. The summed E-state index contributed by atoms with van der Waals surface area (Å²) in [5.74, 6) is 0.790. The second-order valence-corrected chi connectivity index (χ2v) is 7.79. The van der Waals surface area contributed by atoms with Crippen LogP contribution in [0.15, 0.2) is 47.8 Å². The van der Waals surface area contributed by atoms with Crippen molar-refractivity contribution in [3.05, 3.63) is 48.4 Å². The number of hydrogen-bond acceptors (Lipinski definition) is 5. The SMILES string of the molecule is CCCc1ccc(S(=O)(=O)N2CCN(c3cnccn3)CC2)cc1. The molecule has 0 aliphatic carbocycles. The predicted molar refractivity (Wildman–Crippen MR) is 93.4 cm³/mol. The summed E-state index contributed by atoms with van der Waals surface area (Å²) in [6.45, 7) is 4.25. The number of aryl methyl sites for hydroxylation is 1. The summed E-state index contributed by atoms with van der Waals surface area (Å²) in [6.07, 6.45) is 7.01. The van der Waals surface area contributed by atoms with E-state index in [-0.39, 0.29) is 0 Å². The van der Waals surface area contributed by atoms with Crippen molar-refractivity contribution in [2.24, 2.45) is 0 Å². The van der Waals surface area contributed by atoms with Crippen LogP contribution in [0.1, 0.15) is 18.9 Å². The van der Waals surface area contributed by atoms with Gasteiger partial charge in [-0.15, -0.1) is 0 Å². The quantitative estimate of drug-likeness (QED) is 0.828. The first kappa shape index (κ1) is 16.9. The van der Waals surface area contributed by atoms with Gasteiger partial charge in [-0.05, 0) is 24.1 Å². The Morgan fingerprint density at radius 1 is 1.04 bits per heavy atom. The smallest absolute Gasteiger partial charge is 0.243 e. The summed E-state index contributed by atoms with van der Waals surface area (Å²) in [5, 5.41) is 0. The van der Waals surface area contributed by atoms with Gasteiger partial charge >= 0.3 is 0 Å². The average Bonchev–Trinajstić information content (AvgIpc) is 2.63. The van der Waals surface area contributed by atoms with Crippen molar-refractivity contribution in [1.82, 2.24) is 14.3 Å². The maximum Gasteiger partial charge on any atom is 0.243 e. The van der Waals surface area contributed by atoms with Crippen LogP contribution in [0, 0.1) is 0 Å². The molecule has 2 aromatic rings. The summed E-state index contributed by atoms with van der Waals surface area (Å²) in [5.41, 5.74) is 1.17. The van der Waals surface area contributed by atoms with E-state index in [1.807, 2.05) is 12.1 Å². The molecule has 1 aromatic carbocycles. The van der Waals surface area contributed by atoms with Crippen LogP contribution in [-0.2, 0) is 16.4 Å². The first-order valence-electron chi connectivity index (χ1n) is 8.21. The van der Waals surface area contributed by atoms with Gasteiger partial charge in [-0.1, -0.05) is 25.5 Å². The number of benzene rings is 1. The lowest BCUT2D eigenvalue weighted by atomic mass is 10.1. The number of rotatable bonds is 5. The molecule has 0 spiro atoms. The molecule has 7 heteroatoms. The van der Waals surface area contributed by atoms with Crippen molar-refractivity contribution < 1.29 is 8.42 Å². The summed E-state index contributed by atoms with van der Waals surface area (Å²) >= 11 is 0. The van der Waals surface area contributed by atoms with Crippen molar-refractivity contribution in [2.45, 2.75) is 24.7 Å². The molecule has 0 N–H and O–H groups in total. The van der Waals surface area contributed by atoms with E-state index in [1.54, 1.807) is 35.0 Å². The number of hydrogen-bond donors (Lipinski definition) is 0. The molecule has 0 bridgehead atoms. The van der Waals surface area contributed by atoms with E-state index in [2.05, 4.69) is 21.8 Å². The van der Waals surface area contributed by atoms with E-state index in [1.165, 1.54) is 5.56 Å². The zero-order valence-electron chi connectivity index (χ0n) is 13.8. The van der Waals surface area contributed by atoms with E-state index < -0.39 is 10.0 Å². The highest BCUT2D eigenvalue weighted by Crippen LogP contribution is 2.20. The van der Waals surface area contributed by atoms with Gasteiger partial charge in [0.25, 0.3) is 0 Å². The van der Waals surface area contributed by atoms with Crippen LogP contribution in [-0.4, -0.2) is 48.9 Å². The van der Waals surface area contributed by atoms with Crippen molar-refractivity contribution in [3.63, 3.8) is 0 Å². The highest BCUT2D eigenvalue weighted by atomic mass is 32.2. The Hall–Kier alpha value is -1.99. The Balaban J connectivity index is 1.68. The largest absolute Gasteiger partial charge is 0.353 e. The minimum Gasteiger partial charge on any atom is -0.353 e. The molecular weight excluding hydrogens is 324 g/mol. The first-order valence-corrected chi connectivity index (χ1v) is 9.65. The van der Waals surface area contributed by atoms with Crippen molar-refractivity contribution in [3.8, 4) is 0 Å². The highest BCUT2D eigenvalue weighted by molar-refractivity contribution is 7.89. The molecule has 0 atom stereocenters. The topological polar surface area (TPSA) is 66.4 Å². The van der Waals surface area contributed by atoms with Crippen LogP contribution in [0.4, 0.5) is 5.82 Å². The van der Waals surface area contributed by atoms with Gasteiger partial charge in [-0.25, -0.2) is 13.4 Å². The molecule has 0 unspecified atom stereocenters. The summed E-state index contributed by atoms with van der Waals surface area (Å²) < 4.78 is 27.1. The highest BCUT2D eigenvalue weighted by Gasteiger charge is 2.28. The molecule has 1 aliphatic heterocycles. The molecule has 1 aliphatic rings. The second kappa shape index (κ2) is 7.27. The zero-order chi connectivity index (χ0) is 17.0. The van der Waals surface area contributed by atoms with Crippen LogP contribution < -0.4 is 4.90 Å². The van der Waals surface area contributed by atoms with Crippen LogP contribution in [0.2, 0.25) is 0 Å². The van der Waals surface area contributed by atoms with Crippen molar-refractivity contribution >= 4 is 15.8 Å². The maximum atomic E-state index is 12.8. The third kappa shape index (κ3) is 3.57. The minimum absolute atomic E-state index is 0.371. The monoisotopic (exact) mass is 346 g/mol. The normalized spacial score (nSPS) is 16.3. The van der Waals surface area contributed by atoms with Gasteiger partial charge in [-0.2, -0.15) is 4.31 Å². The van der Waals surface area contributed by atoms with Gasteiger partial charge < -0.3 is 4.90 Å². The van der Waals surface area contributed by atoms with E-state index in [0.29, 0.717) is 31.1 Å². The summed E-state index contributed by atoms with van der Waals surface area (Å²) in [6, 6.07) is 7.25. The summed E-state index contributed by atoms with van der Waals surface area (Å²) in [7, 11) is -3.43. The molecule has 0 saturated carbocycles. The average molecular weight is 346 g/mol. The van der Waals surface area contributed by atoms with E-state index in [4.69, 9.17) is 0 Å². The molecule has 1 fully saturated rings. The number of aromatic nitrogens is 2. The Labute approximate surface area is 143 Å². The van der Waals surface area contributed by atoms with Crippen LogP contribution in [0.5, 0.6) is 0 Å². The summed E-state index contributed by atoms with van der Waals surface area (Å²) in [4.78, 5) is 10.8. The fourth-order valence-corrected chi connectivity index (χ4v) is 4.30. The van der Waals surface area contributed by atoms with Gasteiger partial charge in [0, 0.05) is 38.6 Å². The number of nitrogens with zero attached hydrogens (tertiary/aromatic N) is 4. The standard InChI is InChI=1S/C17H22N4O2S/c1-2-3-15-4-6-16(7-5-15)24(22,23)21-12-10-20(11-13-21)17-14-18-8-9-19-17/h4-9,14H,2-3,10-13H2,1H3. The minimum atomic E-state index is -3.43. The molecule has 6 nitrogen and oxygen atoms in total. The van der Waals surface area contributed by atoms with E-state index >= 15 is 0 Å². The number of sulfonamides is 1. The molecular formula is C17H22N4O2S. The fourth-order valence-electron chi connectivity index (χ4n) is 2.88. The van der Waals surface area contributed by atoms with Gasteiger partial charge in [0.1, 0.15) is 5.82 Å². The van der Waals surface area contributed by atoms with Gasteiger partial charge in [0.2, 0.25) is 10.0 Å². The first-order chi connectivity index (χ1) is 11.6. The Kier molecular flexibility index (Phi) is 5.11. The molecule has 1 aromatic heterocycles.